The van der Waals surface area contributed by atoms with E-state index in [1.165, 1.54) is 32.5 Å². The molecule has 0 radical (unpaired) electrons. The van der Waals surface area contributed by atoms with E-state index in [2.05, 4.69) is 29.7 Å². The van der Waals surface area contributed by atoms with Crippen LogP contribution in [0.4, 0.5) is 0 Å². The molecule has 0 aliphatic carbocycles. The molecule has 0 aromatic heterocycles. The normalized spacial score (nSPS) is 19.8. The minimum absolute atomic E-state index is 0.608. The van der Waals surface area contributed by atoms with Crippen LogP contribution in [0.2, 0.25) is 0 Å². The molecule has 0 aromatic carbocycles. The lowest BCUT2D eigenvalue weighted by molar-refractivity contribution is 0.303. The molecule has 1 aliphatic rings. The van der Waals surface area contributed by atoms with Gasteiger partial charge in [-0.1, -0.05) is 18.2 Å². The van der Waals surface area contributed by atoms with Crippen molar-refractivity contribution in [3.63, 3.8) is 0 Å². The lowest BCUT2D eigenvalue weighted by Crippen LogP contribution is -2.25. The Hall–Kier alpha value is -0.600. The Morgan fingerprint density at radius 1 is 1.27 bits per heavy atom. The fourth-order valence-electron chi connectivity index (χ4n) is 2.03. The highest BCUT2D eigenvalue weighted by molar-refractivity contribution is 4.91. The van der Waals surface area contributed by atoms with Crippen LogP contribution >= 0.6 is 0 Å². The summed E-state index contributed by atoms with van der Waals surface area (Å²) in [5.74, 6) is 0.608. The topological polar surface area (TPSA) is 29.3 Å². The van der Waals surface area contributed by atoms with Crippen LogP contribution < -0.4 is 5.73 Å². The predicted octanol–water partition coefficient (Wildman–Crippen LogP) is 2.18. The lowest BCUT2D eigenvalue weighted by Gasteiger charge is -2.19. The summed E-state index contributed by atoms with van der Waals surface area (Å²) in [4.78, 5) is 2.54. The van der Waals surface area contributed by atoms with Gasteiger partial charge < -0.3 is 10.6 Å². The molecule has 86 valence electrons. The molecule has 1 saturated heterocycles. The van der Waals surface area contributed by atoms with Crippen LogP contribution in [0.5, 0.6) is 0 Å². The second-order valence-electron chi connectivity index (χ2n) is 4.29. The van der Waals surface area contributed by atoms with Crippen molar-refractivity contribution < 1.29 is 0 Å². The van der Waals surface area contributed by atoms with Crippen LogP contribution in [0, 0.1) is 5.92 Å². The molecule has 1 unspecified atom stereocenters. The standard InChI is InChI=1S/C13H24N2/c1-2-13(8-4-3-5-9-14)12-15-10-6-7-11-15/h2-4,13H,1,5-12,14H2/b4-3-. The first-order valence-corrected chi connectivity index (χ1v) is 6.06. The molecule has 0 spiro atoms. The molecule has 1 fully saturated rings. The number of nitrogens with zero attached hydrogens (tertiary/aromatic N) is 1. The fourth-order valence-corrected chi connectivity index (χ4v) is 2.03. The first-order chi connectivity index (χ1) is 7.36. The van der Waals surface area contributed by atoms with Gasteiger partial charge in [0.25, 0.3) is 0 Å². The quantitative estimate of drug-likeness (QED) is 0.650. The molecule has 1 rings (SSSR count). The maximum atomic E-state index is 5.43. The number of hydrogen-bond acceptors (Lipinski definition) is 2. The molecular weight excluding hydrogens is 184 g/mol. The Bertz CT molecular complexity index is 193. The molecule has 0 amide bonds. The van der Waals surface area contributed by atoms with Crippen molar-refractivity contribution in [1.29, 1.82) is 0 Å². The van der Waals surface area contributed by atoms with Crippen LogP contribution in [-0.2, 0) is 0 Å². The summed E-state index contributed by atoms with van der Waals surface area (Å²) in [7, 11) is 0. The highest BCUT2D eigenvalue weighted by atomic mass is 15.1. The predicted molar refractivity (Wildman–Crippen MR) is 66.8 cm³/mol. The summed E-state index contributed by atoms with van der Waals surface area (Å²) in [5.41, 5.74) is 5.43. The molecule has 0 aromatic rings. The van der Waals surface area contributed by atoms with Gasteiger partial charge >= 0.3 is 0 Å². The highest BCUT2D eigenvalue weighted by Gasteiger charge is 2.14. The zero-order valence-electron chi connectivity index (χ0n) is 9.70. The Balaban J connectivity index is 2.19. The Morgan fingerprint density at radius 2 is 2.00 bits per heavy atom. The second-order valence-corrected chi connectivity index (χ2v) is 4.29. The number of nitrogens with two attached hydrogens (primary N) is 1. The van der Waals surface area contributed by atoms with E-state index >= 15 is 0 Å². The number of likely N-dealkylation sites (tertiary alicyclic amines) is 1. The Kier molecular flexibility index (Phi) is 6.37. The average molecular weight is 208 g/mol. The monoisotopic (exact) mass is 208 g/mol. The van der Waals surface area contributed by atoms with E-state index in [9.17, 15) is 0 Å². The van der Waals surface area contributed by atoms with Crippen LogP contribution in [0.3, 0.4) is 0 Å². The van der Waals surface area contributed by atoms with Gasteiger partial charge in [0, 0.05) is 6.54 Å². The molecule has 1 atom stereocenters. The van der Waals surface area contributed by atoms with Gasteiger partial charge in [-0.05, 0) is 51.2 Å². The Morgan fingerprint density at radius 3 is 2.60 bits per heavy atom. The maximum Gasteiger partial charge on any atom is 0.00472 e. The first kappa shape index (κ1) is 12.5. The number of allylic oxidation sites excluding steroid dienone is 1. The zero-order chi connectivity index (χ0) is 10.9. The molecule has 0 bridgehead atoms. The SMILES string of the molecule is C=CC(C/C=C\CCN)CN1CCCC1. The summed E-state index contributed by atoms with van der Waals surface area (Å²) >= 11 is 0. The van der Waals surface area contributed by atoms with Crippen LogP contribution in [0.1, 0.15) is 25.7 Å². The molecule has 1 aliphatic heterocycles. The third-order valence-corrected chi connectivity index (χ3v) is 2.96. The van der Waals surface area contributed by atoms with E-state index in [1.54, 1.807) is 0 Å². The van der Waals surface area contributed by atoms with Gasteiger partial charge in [0.2, 0.25) is 0 Å². The van der Waals surface area contributed by atoms with E-state index in [0.29, 0.717) is 5.92 Å². The molecule has 15 heavy (non-hydrogen) atoms. The summed E-state index contributed by atoms with van der Waals surface area (Å²) in [6.45, 7) is 8.39. The zero-order valence-corrected chi connectivity index (χ0v) is 9.70. The van der Waals surface area contributed by atoms with Gasteiger partial charge in [-0.3, -0.25) is 0 Å². The lowest BCUT2D eigenvalue weighted by atomic mass is 10.0. The summed E-state index contributed by atoms with van der Waals surface area (Å²) in [5, 5.41) is 0. The Labute approximate surface area is 93.8 Å². The van der Waals surface area contributed by atoms with Crippen molar-refractivity contribution in [2.24, 2.45) is 11.7 Å². The van der Waals surface area contributed by atoms with E-state index in [4.69, 9.17) is 5.73 Å². The van der Waals surface area contributed by atoms with Gasteiger partial charge in [0.1, 0.15) is 0 Å². The van der Waals surface area contributed by atoms with E-state index in [-0.39, 0.29) is 0 Å². The van der Waals surface area contributed by atoms with Crippen molar-refractivity contribution in [3.8, 4) is 0 Å². The van der Waals surface area contributed by atoms with Gasteiger partial charge in [0.05, 0.1) is 0 Å². The molecule has 2 N–H and O–H groups in total. The minimum Gasteiger partial charge on any atom is -0.330 e. The van der Waals surface area contributed by atoms with Crippen molar-refractivity contribution in [3.05, 3.63) is 24.8 Å². The third kappa shape index (κ3) is 5.14. The molecule has 2 heteroatoms. The third-order valence-electron chi connectivity index (χ3n) is 2.96. The average Bonchev–Trinajstić information content (AvgIpc) is 2.75. The van der Waals surface area contributed by atoms with Gasteiger partial charge in [-0.15, -0.1) is 6.58 Å². The highest BCUT2D eigenvalue weighted by Crippen LogP contribution is 2.13. The van der Waals surface area contributed by atoms with E-state index in [1.807, 2.05) is 0 Å². The van der Waals surface area contributed by atoms with Crippen molar-refractivity contribution in [2.75, 3.05) is 26.2 Å². The summed E-state index contributed by atoms with van der Waals surface area (Å²) in [6, 6.07) is 0. The van der Waals surface area contributed by atoms with Crippen LogP contribution in [-0.4, -0.2) is 31.1 Å². The molecule has 1 heterocycles. The number of hydrogen-bond donors (Lipinski definition) is 1. The van der Waals surface area contributed by atoms with Gasteiger partial charge in [-0.25, -0.2) is 0 Å². The second kappa shape index (κ2) is 7.66. The van der Waals surface area contributed by atoms with Crippen molar-refractivity contribution in [2.45, 2.75) is 25.7 Å². The van der Waals surface area contributed by atoms with Crippen LogP contribution in [0.15, 0.2) is 24.8 Å². The van der Waals surface area contributed by atoms with E-state index in [0.717, 1.165) is 19.4 Å². The maximum absolute atomic E-state index is 5.43. The molecule has 0 saturated carbocycles. The van der Waals surface area contributed by atoms with E-state index < -0.39 is 0 Å². The molecular formula is C13H24N2. The van der Waals surface area contributed by atoms with Crippen molar-refractivity contribution in [1.82, 2.24) is 4.90 Å². The minimum atomic E-state index is 0.608. The fraction of sp³-hybridized carbons (Fsp3) is 0.692. The summed E-state index contributed by atoms with van der Waals surface area (Å²) < 4.78 is 0. The smallest absolute Gasteiger partial charge is 0.00472 e. The van der Waals surface area contributed by atoms with Gasteiger partial charge in [0.15, 0.2) is 0 Å². The van der Waals surface area contributed by atoms with Crippen LogP contribution in [0.25, 0.3) is 0 Å². The number of rotatable bonds is 7. The summed E-state index contributed by atoms with van der Waals surface area (Å²) in [6.07, 6.45) is 11.4. The van der Waals surface area contributed by atoms with Gasteiger partial charge in [-0.2, -0.15) is 0 Å². The largest absolute Gasteiger partial charge is 0.330 e. The molecule has 2 nitrogen and oxygen atoms in total. The van der Waals surface area contributed by atoms with Crippen molar-refractivity contribution >= 4 is 0 Å². The first-order valence-electron chi connectivity index (χ1n) is 6.06.